The molecular formula is C49H33N. The summed E-state index contributed by atoms with van der Waals surface area (Å²) in [5.74, 6) is 0. The van der Waals surface area contributed by atoms with Crippen molar-refractivity contribution in [1.29, 1.82) is 0 Å². The molecule has 1 nitrogen and oxygen atoms in total. The van der Waals surface area contributed by atoms with Crippen LogP contribution in [0.15, 0.2) is 170 Å². The van der Waals surface area contributed by atoms with Gasteiger partial charge in [-0.1, -0.05) is 134 Å². The predicted molar refractivity (Wildman–Crippen MR) is 213 cm³/mol. The maximum Gasteiger partial charge on any atom is 0.0541 e. The fourth-order valence-electron chi connectivity index (χ4n) is 8.46. The molecule has 10 rings (SSSR count). The van der Waals surface area contributed by atoms with E-state index in [4.69, 9.17) is 0 Å². The van der Waals surface area contributed by atoms with Crippen LogP contribution >= 0.6 is 0 Å². The molecule has 0 atom stereocenters. The van der Waals surface area contributed by atoms with Crippen LogP contribution in [0.1, 0.15) is 44.5 Å². The van der Waals surface area contributed by atoms with E-state index in [9.17, 15) is 0 Å². The van der Waals surface area contributed by atoms with Crippen molar-refractivity contribution in [2.24, 2.45) is 0 Å². The summed E-state index contributed by atoms with van der Waals surface area (Å²) in [6.45, 7) is 6.25. The van der Waals surface area contributed by atoms with Gasteiger partial charge in [0.2, 0.25) is 0 Å². The molecule has 1 heterocycles. The first-order valence-electron chi connectivity index (χ1n) is 17.3. The molecular weight excluding hydrogens is 603 g/mol. The Kier molecular flexibility index (Phi) is 6.31. The molecule has 1 aromatic heterocycles. The first-order chi connectivity index (χ1) is 24.7. The Hall–Kier alpha value is -6.44. The molecule has 1 heteroatoms. The van der Waals surface area contributed by atoms with Crippen molar-refractivity contribution in [1.82, 2.24) is 4.57 Å². The Morgan fingerprint density at radius 2 is 1.14 bits per heavy atom. The number of hydrogen-bond acceptors (Lipinski definition) is 0. The van der Waals surface area contributed by atoms with Crippen LogP contribution in [0.2, 0.25) is 0 Å². The third-order valence-corrected chi connectivity index (χ3v) is 10.6. The molecule has 0 saturated heterocycles. The summed E-state index contributed by atoms with van der Waals surface area (Å²) in [6, 6.07) is 55.8. The number of hydrogen-bond donors (Lipinski definition) is 0. The van der Waals surface area contributed by atoms with Gasteiger partial charge in [0.15, 0.2) is 0 Å². The lowest BCUT2D eigenvalue weighted by atomic mass is 9.87. The topological polar surface area (TPSA) is 4.93 Å². The Balaban J connectivity index is 1.36. The van der Waals surface area contributed by atoms with Crippen molar-refractivity contribution in [3.63, 3.8) is 0 Å². The summed E-state index contributed by atoms with van der Waals surface area (Å²) in [4.78, 5) is 0. The van der Waals surface area contributed by atoms with Crippen LogP contribution in [0, 0.1) is 6.92 Å². The number of fused-ring (bicyclic) bond motifs is 9. The molecule has 0 fully saturated rings. The zero-order valence-electron chi connectivity index (χ0n) is 27.8. The summed E-state index contributed by atoms with van der Waals surface area (Å²) in [7, 11) is 0. The minimum Gasteiger partial charge on any atom is -0.309 e. The van der Waals surface area contributed by atoms with Crippen molar-refractivity contribution in [2.75, 3.05) is 0 Å². The quantitative estimate of drug-likeness (QED) is 0.166. The van der Waals surface area contributed by atoms with Crippen LogP contribution in [0.4, 0.5) is 0 Å². The summed E-state index contributed by atoms with van der Waals surface area (Å²) >= 11 is 0. The Morgan fingerprint density at radius 3 is 1.90 bits per heavy atom. The van der Waals surface area contributed by atoms with Gasteiger partial charge in [0.25, 0.3) is 0 Å². The van der Waals surface area contributed by atoms with Crippen molar-refractivity contribution in [3.05, 3.63) is 215 Å². The molecule has 0 aliphatic heterocycles. The van der Waals surface area contributed by atoms with E-state index in [1.165, 1.54) is 105 Å². The average Bonchev–Trinajstić information content (AvgIpc) is 3.79. The molecule has 2 aliphatic carbocycles. The first-order valence-corrected chi connectivity index (χ1v) is 17.3. The number of allylic oxidation sites excluding steroid dienone is 4. The number of para-hydroxylation sites is 2. The maximum absolute atomic E-state index is 4.02. The Bertz CT molecular complexity index is 2800. The lowest BCUT2D eigenvalue weighted by Crippen LogP contribution is -1.98. The SMILES string of the molecule is C=C/C=C\c1c(C)ccc2c1C(c1ccc3c(c1)c1ccccc1n3-c1ccccc1)=C1C2=C(c2ccccc2)c2cc3ccccc3cc21. The Morgan fingerprint density at radius 1 is 0.500 bits per heavy atom. The summed E-state index contributed by atoms with van der Waals surface area (Å²) in [5.41, 5.74) is 19.0. The van der Waals surface area contributed by atoms with Gasteiger partial charge in [0.1, 0.15) is 0 Å². The second-order valence-electron chi connectivity index (χ2n) is 13.3. The zero-order chi connectivity index (χ0) is 33.3. The fourth-order valence-corrected chi connectivity index (χ4v) is 8.46. The van der Waals surface area contributed by atoms with E-state index in [-0.39, 0.29) is 0 Å². The standard InChI is InChI=1S/C49H33N/c1-3-4-21-37-31(2)24-26-39-47(37)46(35-25-27-44-40(30-35)38-22-13-14-23-43(38)50(44)36-19-9-6-10-20-36)49-42-29-34-18-12-11-17-33(34)28-41(42)45(48(39)49)32-15-7-5-8-16-32/h3-30H,1H2,2H3/b21-4-. The number of aromatic nitrogens is 1. The fraction of sp³-hybridized carbons (Fsp3) is 0.0204. The molecule has 0 radical (unpaired) electrons. The van der Waals surface area contributed by atoms with Gasteiger partial charge in [-0.25, -0.2) is 0 Å². The van der Waals surface area contributed by atoms with E-state index in [2.05, 4.69) is 182 Å². The minimum atomic E-state index is 1.17. The van der Waals surface area contributed by atoms with Crippen LogP contribution in [-0.4, -0.2) is 4.57 Å². The molecule has 50 heavy (non-hydrogen) atoms. The van der Waals surface area contributed by atoms with Gasteiger partial charge in [-0.3, -0.25) is 0 Å². The number of benzene rings is 7. The summed E-state index contributed by atoms with van der Waals surface area (Å²) in [6.07, 6.45) is 6.19. The maximum atomic E-state index is 4.02. The number of nitrogens with zero attached hydrogens (tertiary/aromatic N) is 1. The molecule has 8 aromatic rings. The molecule has 234 valence electrons. The van der Waals surface area contributed by atoms with Crippen molar-refractivity contribution in [3.8, 4) is 5.69 Å². The Labute approximate surface area is 292 Å². The van der Waals surface area contributed by atoms with Crippen molar-refractivity contribution < 1.29 is 0 Å². The second kappa shape index (κ2) is 11.1. The highest BCUT2D eigenvalue weighted by Crippen LogP contribution is 2.60. The third kappa shape index (κ3) is 4.07. The highest BCUT2D eigenvalue weighted by molar-refractivity contribution is 6.36. The third-order valence-electron chi connectivity index (χ3n) is 10.6. The highest BCUT2D eigenvalue weighted by Gasteiger charge is 2.39. The smallest absolute Gasteiger partial charge is 0.0541 e. The van der Waals surface area contributed by atoms with E-state index < -0.39 is 0 Å². The van der Waals surface area contributed by atoms with Gasteiger partial charge >= 0.3 is 0 Å². The first kappa shape index (κ1) is 28.6. The zero-order valence-corrected chi connectivity index (χ0v) is 27.8. The average molecular weight is 636 g/mol. The second-order valence-corrected chi connectivity index (χ2v) is 13.3. The van der Waals surface area contributed by atoms with Gasteiger partial charge in [0.05, 0.1) is 11.0 Å². The molecule has 7 aromatic carbocycles. The van der Waals surface area contributed by atoms with E-state index in [0.717, 1.165) is 0 Å². The molecule has 0 amide bonds. The molecule has 2 aliphatic rings. The molecule has 0 spiro atoms. The normalized spacial score (nSPS) is 13.5. The van der Waals surface area contributed by atoms with E-state index in [1.807, 2.05) is 6.08 Å². The van der Waals surface area contributed by atoms with Crippen LogP contribution in [0.3, 0.4) is 0 Å². The monoisotopic (exact) mass is 635 g/mol. The van der Waals surface area contributed by atoms with Gasteiger partial charge < -0.3 is 4.57 Å². The molecule has 0 saturated carbocycles. The summed E-state index contributed by atoms with van der Waals surface area (Å²) < 4.78 is 2.40. The van der Waals surface area contributed by atoms with E-state index in [1.54, 1.807) is 0 Å². The number of rotatable bonds is 5. The minimum absolute atomic E-state index is 1.17. The van der Waals surface area contributed by atoms with Crippen LogP contribution in [0.5, 0.6) is 0 Å². The summed E-state index contributed by atoms with van der Waals surface area (Å²) in [5, 5.41) is 5.03. The largest absolute Gasteiger partial charge is 0.309 e. The van der Waals surface area contributed by atoms with Gasteiger partial charge in [-0.2, -0.15) is 0 Å². The predicted octanol–water partition coefficient (Wildman–Crippen LogP) is 12.7. The lowest BCUT2D eigenvalue weighted by Gasteiger charge is -2.16. The lowest BCUT2D eigenvalue weighted by molar-refractivity contribution is 1.18. The molecule has 0 bridgehead atoms. The number of aryl methyl sites for hydroxylation is 1. The van der Waals surface area contributed by atoms with Gasteiger partial charge in [0, 0.05) is 16.5 Å². The molecule has 0 N–H and O–H groups in total. The van der Waals surface area contributed by atoms with Gasteiger partial charge in [-0.05, 0) is 127 Å². The van der Waals surface area contributed by atoms with Crippen LogP contribution in [-0.2, 0) is 0 Å². The highest BCUT2D eigenvalue weighted by atomic mass is 15.0. The van der Waals surface area contributed by atoms with Gasteiger partial charge in [-0.15, -0.1) is 0 Å². The van der Waals surface area contributed by atoms with Crippen molar-refractivity contribution >= 4 is 60.9 Å². The van der Waals surface area contributed by atoms with Crippen LogP contribution in [0.25, 0.3) is 66.6 Å². The van der Waals surface area contributed by atoms with Crippen LogP contribution < -0.4 is 0 Å². The van der Waals surface area contributed by atoms with E-state index in [0.29, 0.717) is 0 Å². The van der Waals surface area contributed by atoms with E-state index >= 15 is 0 Å². The van der Waals surface area contributed by atoms with Crippen molar-refractivity contribution in [2.45, 2.75) is 6.92 Å². The molecule has 0 unspecified atom stereocenters.